The van der Waals surface area contributed by atoms with E-state index in [1.54, 1.807) is 25.7 Å². The van der Waals surface area contributed by atoms with Gasteiger partial charge in [0.1, 0.15) is 8.80 Å². The predicted octanol–water partition coefficient (Wildman–Crippen LogP) is 6.55. The van der Waals surface area contributed by atoms with Crippen molar-refractivity contribution < 1.29 is 0 Å². The maximum absolute atomic E-state index is 2.76. The third-order valence-electron chi connectivity index (χ3n) is 9.89. The Balaban J connectivity index is 1.56. The summed E-state index contributed by atoms with van der Waals surface area (Å²) in [5, 5.41) is 4.21. The average Bonchev–Trinajstić information content (AvgIpc) is 2.87. The van der Waals surface area contributed by atoms with Crippen molar-refractivity contribution in [2.24, 2.45) is 35.5 Å². The number of rotatable bonds is 0. The fourth-order valence-corrected chi connectivity index (χ4v) is 12.5. The minimum atomic E-state index is -0.443. The van der Waals surface area contributed by atoms with Gasteiger partial charge in [-0.15, -0.1) is 0 Å². The second-order valence-electron chi connectivity index (χ2n) is 10.8. The summed E-state index contributed by atoms with van der Waals surface area (Å²) in [4.78, 5) is 0. The van der Waals surface area contributed by atoms with Gasteiger partial charge in [-0.3, -0.25) is 0 Å². The van der Waals surface area contributed by atoms with E-state index in [0.29, 0.717) is 0 Å². The van der Waals surface area contributed by atoms with Crippen molar-refractivity contribution in [2.45, 2.75) is 83.6 Å². The van der Waals surface area contributed by atoms with Gasteiger partial charge >= 0.3 is 0 Å². The molecule has 0 aromatic rings. The first-order valence-electron chi connectivity index (χ1n) is 11.9. The third-order valence-corrected chi connectivity index (χ3v) is 12.9. The highest BCUT2D eigenvalue weighted by Gasteiger charge is 2.51. The Hall–Kier alpha value is -0.563. The van der Waals surface area contributed by atoms with Crippen LogP contribution in [0.3, 0.4) is 0 Å². The molecular formula is C25H33Si. The Labute approximate surface area is 160 Å². The summed E-state index contributed by atoms with van der Waals surface area (Å²) < 4.78 is 0. The van der Waals surface area contributed by atoms with Crippen molar-refractivity contribution in [3.05, 3.63) is 32.7 Å². The van der Waals surface area contributed by atoms with Gasteiger partial charge in [0.2, 0.25) is 0 Å². The van der Waals surface area contributed by atoms with Gasteiger partial charge in [0, 0.05) is 0 Å². The van der Waals surface area contributed by atoms with E-state index in [0.717, 1.165) is 35.5 Å². The fourth-order valence-electron chi connectivity index (χ4n) is 8.95. The Morgan fingerprint density at radius 2 is 0.692 bits per heavy atom. The fraction of sp³-hybridized carbons (Fsp3) is 0.760. The van der Waals surface area contributed by atoms with Crippen LogP contribution in [0.25, 0.3) is 0 Å². The van der Waals surface area contributed by atoms with Gasteiger partial charge in [0.05, 0.1) is 0 Å². The Morgan fingerprint density at radius 3 is 1.04 bits per heavy atom. The standard InChI is InChI=1S/C25H33Si/c1-26-24-18-10-6-16(7-11-18)22(24)20-14-2-3-15(5-4-14)21(20)23-17-8-12-19(13-9-17)25(23)26/h14-19H,2-13H2,1H3. The van der Waals surface area contributed by atoms with Crippen molar-refractivity contribution in [3.8, 4) is 0 Å². The number of hydrogen-bond donors (Lipinski definition) is 0. The molecule has 1 radical (unpaired) electrons. The second-order valence-corrected chi connectivity index (χ2v) is 13.1. The molecule has 1 heteroatoms. The summed E-state index contributed by atoms with van der Waals surface area (Å²) in [7, 11) is -0.443. The lowest BCUT2D eigenvalue weighted by Gasteiger charge is -2.48. The summed E-state index contributed by atoms with van der Waals surface area (Å²) in [5.41, 5.74) is 8.14. The molecule has 10 aliphatic rings. The van der Waals surface area contributed by atoms with E-state index in [4.69, 9.17) is 0 Å². The van der Waals surface area contributed by atoms with E-state index in [9.17, 15) is 0 Å². The van der Waals surface area contributed by atoms with Gasteiger partial charge in [-0.2, -0.15) is 0 Å². The Kier molecular flexibility index (Phi) is 3.12. The molecule has 0 saturated heterocycles. The molecule has 137 valence electrons. The van der Waals surface area contributed by atoms with Crippen molar-refractivity contribution >= 4 is 8.80 Å². The highest BCUT2D eigenvalue weighted by atomic mass is 28.3. The lowest BCUT2D eigenvalue weighted by Crippen LogP contribution is -2.38. The largest absolute Gasteiger partial charge is 0.109 e. The molecule has 0 N–H and O–H groups in total. The molecule has 9 aliphatic carbocycles. The van der Waals surface area contributed by atoms with Crippen molar-refractivity contribution in [2.75, 3.05) is 0 Å². The molecule has 0 aromatic carbocycles. The maximum atomic E-state index is 2.76. The smallest absolute Gasteiger partial charge is 0.0710 e. The van der Waals surface area contributed by atoms with Crippen LogP contribution in [-0.2, 0) is 0 Å². The monoisotopic (exact) mass is 361 g/mol. The zero-order valence-corrected chi connectivity index (χ0v) is 17.4. The van der Waals surface area contributed by atoms with Gasteiger partial charge in [0.25, 0.3) is 0 Å². The lowest BCUT2D eigenvalue weighted by molar-refractivity contribution is 0.260. The second kappa shape index (κ2) is 5.28. The molecule has 0 atom stereocenters. The zero-order chi connectivity index (χ0) is 17.0. The molecule has 0 aromatic heterocycles. The molecule has 10 rings (SSSR count). The highest BCUT2D eigenvalue weighted by Crippen LogP contribution is 2.63. The van der Waals surface area contributed by atoms with Gasteiger partial charge in [0.15, 0.2) is 0 Å². The molecule has 6 bridgehead atoms. The number of fused-ring (bicyclic) bond motifs is 6. The van der Waals surface area contributed by atoms with Gasteiger partial charge in [-0.25, -0.2) is 0 Å². The summed E-state index contributed by atoms with van der Waals surface area (Å²) >= 11 is 0. The van der Waals surface area contributed by atoms with Crippen LogP contribution in [0.4, 0.5) is 0 Å². The van der Waals surface area contributed by atoms with E-state index >= 15 is 0 Å². The van der Waals surface area contributed by atoms with Gasteiger partial charge in [-0.1, -0.05) is 16.9 Å². The van der Waals surface area contributed by atoms with Crippen LogP contribution >= 0.6 is 0 Å². The molecule has 26 heavy (non-hydrogen) atoms. The van der Waals surface area contributed by atoms with Gasteiger partial charge < -0.3 is 0 Å². The predicted molar refractivity (Wildman–Crippen MR) is 109 cm³/mol. The molecule has 1 aliphatic heterocycles. The number of allylic oxidation sites excluding steroid dienone is 6. The summed E-state index contributed by atoms with van der Waals surface area (Å²) in [6.07, 6.45) is 18.4. The molecule has 3 saturated carbocycles. The Morgan fingerprint density at radius 1 is 0.423 bits per heavy atom. The summed E-state index contributed by atoms with van der Waals surface area (Å²) in [5.74, 6) is 5.85. The average molecular weight is 362 g/mol. The lowest BCUT2D eigenvalue weighted by atomic mass is 9.56. The minimum absolute atomic E-state index is 0.443. The van der Waals surface area contributed by atoms with Crippen LogP contribution in [0.5, 0.6) is 0 Å². The van der Waals surface area contributed by atoms with E-state index in [1.807, 2.05) is 22.3 Å². The van der Waals surface area contributed by atoms with Crippen LogP contribution in [-0.4, -0.2) is 8.80 Å². The van der Waals surface area contributed by atoms with Gasteiger partial charge in [-0.05, 0) is 135 Å². The van der Waals surface area contributed by atoms with E-state index in [-0.39, 0.29) is 0 Å². The van der Waals surface area contributed by atoms with Crippen LogP contribution in [0, 0.1) is 35.5 Å². The summed E-state index contributed by atoms with van der Waals surface area (Å²) in [6, 6.07) is 0. The maximum Gasteiger partial charge on any atom is 0.109 e. The topological polar surface area (TPSA) is 0 Å². The first-order chi connectivity index (χ1) is 12.8. The van der Waals surface area contributed by atoms with Crippen molar-refractivity contribution in [1.29, 1.82) is 0 Å². The van der Waals surface area contributed by atoms with Crippen molar-refractivity contribution in [1.82, 2.24) is 0 Å². The van der Waals surface area contributed by atoms with Crippen LogP contribution in [0.15, 0.2) is 32.7 Å². The van der Waals surface area contributed by atoms with Crippen molar-refractivity contribution in [3.63, 3.8) is 0 Å². The quantitative estimate of drug-likeness (QED) is 0.429. The van der Waals surface area contributed by atoms with Crippen LogP contribution in [0.1, 0.15) is 77.0 Å². The SMILES string of the molecule is C[Si]1C2=C(C3=C(C4=C1C1CCC4CC1)C1CCC3CC1)C1CCC2CC1. The first kappa shape index (κ1) is 15.4. The highest BCUT2D eigenvalue weighted by molar-refractivity contribution is 6.73. The van der Waals surface area contributed by atoms with E-state index in [2.05, 4.69) is 16.9 Å². The molecule has 0 unspecified atom stereocenters. The molecule has 3 fully saturated rings. The zero-order valence-electron chi connectivity index (χ0n) is 16.4. The number of hydrogen-bond acceptors (Lipinski definition) is 0. The van der Waals surface area contributed by atoms with E-state index in [1.165, 1.54) is 51.4 Å². The minimum Gasteiger partial charge on any atom is -0.0710 e. The van der Waals surface area contributed by atoms with Crippen LogP contribution < -0.4 is 0 Å². The molecule has 0 spiro atoms. The normalized spacial score (nSPS) is 46.5. The molecular weight excluding hydrogens is 328 g/mol. The van der Waals surface area contributed by atoms with Crippen LogP contribution in [0.2, 0.25) is 6.55 Å². The molecule has 0 amide bonds. The molecule has 0 nitrogen and oxygen atoms in total. The first-order valence-corrected chi connectivity index (χ1v) is 13.9. The van der Waals surface area contributed by atoms with E-state index < -0.39 is 8.80 Å². The summed E-state index contributed by atoms with van der Waals surface area (Å²) in [6.45, 7) is 2.76. The third kappa shape index (κ3) is 1.78. The molecule has 1 heterocycles. The Bertz CT molecular complexity index is 692.